The highest BCUT2D eigenvalue weighted by molar-refractivity contribution is 7.86. The predicted molar refractivity (Wildman–Crippen MR) is 104 cm³/mol. The van der Waals surface area contributed by atoms with Gasteiger partial charge in [-0.05, 0) is 49.2 Å². The van der Waals surface area contributed by atoms with Gasteiger partial charge in [0.05, 0.1) is 7.11 Å². The van der Waals surface area contributed by atoms with Gasteiger partial charge in [0, 0.05) is 22.2 Å². The van der Waals surface area contributed by atoms with Gasteiger partial charge in [0.1, 0.15) is 17.3 Å². The van der Waals surface area contributed by atoms with Crippen LogP contribution in [0.5, 0.6) is 5.75 Å². The molecule has 2 aromatic rings. The quantitative estimate of drug-likeness (QED) is 0.780. The molecule has 138 valence electrons. The van der Waals surface area contributed by atoms with E-state index in [4.69, 9.17) is 4.74 Å². The van der Waals surface area contributed by atoms with E-state index in [2.05, 4.69) is 10.6 Å². The number of hydrogen-bond acceptors (Lipinski definition) is 4. The molecule has 0 aliphatic rings. The van der Waals surface area contributed by atoms with Gasteiger partial charge in [0.2, 0.25) is 11.8 Å². The molecule has 2 amide bonds. The summed E-state index contributed by atoms with van der Waals surface area (Å²) in [5.74, 6) is -0.586. The van der Waals surface area contributed by atoms with Crippen molar-refractivity contribution < 1.29 is 18.5 Å². The van der Waals surface area contributed by atoms with E-state index in [9.17, 15) is 13.8 Å². The van der Waals surface area contributed by atoms with Crippen LogP contribution < -0.4 is 15.4 Å². The van der Waals surface area contributed by atoms with Crippen LogP contribution in [0.3, 0.4) is 0 Å². The van der Waals surface area contributed by atoms with Gasteiger partial charge >= 0.3 is 0 Å². The molecule has 0 heterocycles. The van der Waals surface area contributed by atoms with Crippen molar-refractivity contribution in [3.63, 3.8) is 0 Å². The van der Waals surface area contributed by atoms with Crippen LogP contribution in [0.25, 0.3) is 0 Å². The van der Waals surface area contributed by atoms with Crippen molar-refractivity contribution in [2.24, 2.45) is 0 Å². The first-order valence-electron chi connectivity index (χ1n) is 8.04. The summed E-state index contributed by atoms with van der Waals surface area (Å²) < 4.78 is 17.1. The van der Waals surface area contributed by atoms with E-state index in [1.165, 1.54) is 0 Å². The van der Waals surface area contributed by atoms with Crippen LogP contribution in [0.1, 0.15) is 11.1 Å². The Hall–Kier alpha value is -2.67. The lowest BCUT2D eigenvalue weighted by molar-refractivity contribution is -0.114. The number of nitrogens with one attached hydrogen (secondary N) is 2. The van der Waals surface area contributed by atoms with Crippen molar-refractivity contribution in [2.45, 2.75) is 13.8 Å². The molecule has 0 aromatic heterocycles. The Balaban J connectivity index is 1.85. The predicted octanol–water partition coefficient (Wildman–Crippen LogP) is 2.64. The first-order valence-corrected chi connectivity index (χ1v) is 9.53. The molecule has 2 N–H and O–H groups in total. The van der Waals surface area contributed by atoms with Crippen LogP contribution in [0.4, 0.5) is 11.4 Å². The molecule has 2 aromatic carbocycles. The molecule has 0 saturated carbocycles. The number of hydrogen-bond donors (Lipinski definition) is 2. The maximum atomic E-state index is 12.1. The third-order valence-corrected chi connectivity index (χ3v) is 4.87. The Morgan fingerprint density at radius 2 is 1.46 bits per heavy atom. The molecule has 0 spiro atoms. The first-order chi connectivity index (χ1) is 12.4. The Bertz CT molecular complexity index is 799. The lowest BCUT2D eigenvalue weighted by atomic mass is 10.1. The standard InChI is InChI=1S/C19H22N2O4S/c1-13-5-4-6-14(2)19(13)21-18(23)12-26(24)11-17(22)20-15-7-9-16(25-3)10-8-15/h4-10H,11-12H2,1-3H3,(H,20,22)(H,21,23). The summed E-state index contributed by atoms with van der Waals surface area (Å²) in [6, 6.07) is 12.5. The van der Waals surface area contributed by atoms with Crippen LogP contribution in [-0.2, 0) is 20.4 Å². The van der Waals surface area contributed by atoms with E-state index in [0.29, 0.717) is 11.4 Å². The van der Waals surface area contributed by atoms with Gasteiger partial charge in [-0.15, -0.1) is 0 Å². The number of carbonyl (C=O) groups excluding carboxylic acids is 2. The minimum atomic E-state index is -1.60. The molecular weight excluding hydrogens is 352 g/mol. The van der Waals surface area contributed by atoms with E-state index in [-0.39, 0.29) is 17.4 Å². The maximum Gasteiger partial charge on any atom is 0.237 e. The van der Waals surface area contributed by atoms with Crippen molar-refractivity contribution in [3.8, 4) is 5.75 Å². The largest absolute Gasteiger partial charge is 0.497 e. The molecule has 0 aliphatic heterocycles. The lowest BCUT2D eigenvalue weighted by Crippen LogP contribution is -2.26. The Kier molecular flexibility index (Phi) is 6.91. The average molecular weight is 374 g/mol. The molecule has 0 radical (unpaired) electrons. The number of benzene rings is 2. The number of aryl methyl sites for hydroxylation is 2. The number of methoxy groups -OCH3 is 1. The van der Waals surface area contributed by atoms with E-state index < -0.39 is 16.7 Å². The summed E-state index contributed by atoms with van der Waals surface area (Å²) in [6.45, 7) is 3.78. The normalized spacial score (nSPS) is 11.5. The minimum Gasteiger partial charge on any atom is -0.497 e. The number of rotatable bonds is 7. The summed E-state index contributed by atoms with van der Waals surface area (Å²) in [6.07, 6.45) is 0. The molecule has 0 aliphatic carbocycles. The van der Waals surface area contributed by atoms with Crippen LogP contribution >= 0.6 is 0 Å². The third-order valence-electron chi connectivity index (χ3n) is 3.70. The van der Waals surface area contributed by atoms with Crippen molar-refractivity contribution in [2.75, 3.05) is 29.2 Å². The molecule has 0 fully saturated rings. The molecule has 6 nitrogen and oxygen atoms in total. The van der Waals surface area contributed by atoms with E-state index >= 15 is 0 Å². The van der Waals surface area contributed by atoms with Gasteiger partial charge in [0.15, 0.2) is 0 Å². The van der Waals surface area contributed by atoms with Crippen LogP contribution in [0.15, 0.2) is 42.5 Å². The summed E-state index contributed by atoms with van der Waals surface area (Å²) >= 11 is 0. The summed E-state index contributed by atoms with van der Waals surface area (Å²) in [4.78, 5) is 24.0. The topological polar surface area (TPSA) is 84.5 Å². The third kappa shape index (κ3) is 5.70. The maximum absolute atomic E-state index is 12.1. The van der Waals surface area contributed by atoms with Crippen LogP contribution in [-0.4, -0.2) is 34.6 Å². The molecule has 1 unspecified atom stereocenters. The van der Waals surface area contributed by atoms with E-state index in [1.807, 2.05) is 32.0 Å². The van der Waals surface area contributed by atoms with Gasteiger partial charge < -0.3 is 15.4 Å². The molecule has 1 atom stereocenters. The lowest BCUT2D eigenvalue weighted by Gasteiger charge is -2.11. The van der Waals surface area contributed by atoms with Gasteiger partial charge in [-0.1, -0.05) is 18.2 Å². The zero-order valence-electron chi connectivity index (χ0n) is 15.0. The molecular formula is C19H22N2O4S. The second-order valence-corrected chi connectivity index (χ2v) is 7.28. The Morgan fingerprint density at radius 3 is 2.00 bits per heavy atom. The number of anilines is 2. The highest BCUT2D eigenvalue weighted by Crippen LogP contribution is 2.19. The zero-order chi connectivity index (χ0) is 19.1. The van der Waals surface area contributed by atoms with Crippen molar-refractivity contribution in [1.29, 1.82) is 0 Å². The fraction of sp³-hybridized carbons (Fsp3) is 0.263. The van der Waals surface area contributed by atoms with Crippen LogP contribution in [0, 0.1) is 13.8 Å². The van der Waals surface area contributed by atoms with Gasteiger partial charge in [-0.3, -0.25) is 13.8 Å². The van der Waals surface area contributed by atoms with Crippen molar-refractivity contribution in [3.05, 3.63) is 53.6 Å². The Morgan fingerprint density at radius 1 is 0.923 bits per heavy atom. The highest BCUT2D eigenvalue weighted by Gasteiger charge is 2.14. The average Bonchev–Trinajstić information content (AvgIpc) is 2.58. The highest BCUT2D eigenvalue weighted by atomic mass is 32.2. The molecule has 2 rings (SSSR count). The van der Waals surface area contributed by atoms with Gasteiger partial charge in [-0.2, -0.15) is 0 Å². The summed E-state index contributed by atoms with van der Waals surface area (Å²) in [5, 5.41) is 5.41. The summed E-state index contributed by atoms with van der Waals surface area (Å²) in [5.41, 5.74) is 3.16. The fourth-order valence-corrected chi connectivity index (χ4v) is 3.23. The first kappa shape index (κ1) is 19.7. The van der Waals surface area contributed by atoms with Crippen molar-refractivity contribution in [1.82, 2.24) is 0 Å². The Labute approximate surface area is 155 Å². The number of ether oxygens (including phenoxy) is 1. The molecule has 0 bridgehead atoms. The summed E-state index contributed by atoms with van der Waals surface area (Å²) in [7, 11) is -0.0397. The SMILES string of the molecule is COc1ccc(NC(=O)CS(=O)CC(=O)Nc2c(C)cccc2C)cc1. The van der Waals surface area contributed by atoms with Crippen molar-refractivity contribution >= 4 is 34.0 Å². The van der Waals surface area contributed by atoms with E-state index in [1.54, 1.807) is 31.4 Å². The smallest absolute Gasteiger partial charge is 0.237 e. The van der Waals surface area contributed by atoms with Crippen LogP contribution in [0.2, 0.25) is 0 Å². The monoisotopic (exact) mass is 374 g/mol. The number of para-hydroxylation sites is 1. The van der Waals surface area contributed by atoms with Gasteiger partial charge in [-0.25, -0.2) is 0 Å². The fourth-order valence-electron chi connectivity index (χ4n) is 2.40. The number of amides is 2. The molecule has 0 saturated heterocycles. The molecule has 7 heteroatoms. The molecule has 26 heavy (non-hydrogen) atoms. The minimum absolute atomic E-state index is 0.232. The van der Waals surface area contributed by atoms with E-state index in [0.717, 1.165) is 16.8 Å². The second kappa shape index (κ2) is 9.15. The zero-order valence-corrected chi connectivity index (χ0v) is 15.8. The second-order valence-electron chi connectivity index (χ2n) is 5.82. The van der Waals surface area contributed by atoms with Gasteiger partial charge in [0.25, 0.3) is 0 Å². The number of carbonyl (C=O) groups is 2.